The highest BCUT2D eigenvalue weighted by Gasteiger charge is 2.20. The Morgan fingerprint density at radius 3 is 2.03 bits per heavy atom. The molecule has 31 heavy (non-hydrogen) atoms. The molecule has 0 atom stereocenters. The second-order valence-electron chi connectivity index (χ2n) is 7.03. The van der Waals surface area contributed by atoms with Crippen LogP contribution in [0.25, 0.3) is 0 Å². The lowest BCUT2D eigenvalue weighted by atomic mass is 10.2. The van der Waals surface area contributed by atoms with Crippen LogP contribution >= 0.6 is 23.1 Å². The molecule has 0 spiro atoms. The number of hydrogen-bond donors (Lipinski definition) is 0. The van der Waals surface area contributed by atoms with Crippen LogP contribution in [0.15, 0.2) is 46.8 Å². The molecule has 0 unspecified atom stereocenters. The molecular weight excluding hydrogens is 432 g/mol. The molecule has 3 aromatic rings. The zero-order valence-corrected chi connectivity index (χ0v) is 19.5. The maximum absolute atomic E-state index is 5.35. The SMILES string of the molecule is COc1ccc(N2CCN(c3nnc(SCc4cc(OC)cc(OC)c4)s3)CC2)cc1. The molecule has 0 N–H and O–H groups in total. The van der Waals surface area contributed by atoms with E-state index in [-0.39, 0.29) is 0 Å². The third-order valence-corrected chi connectivity index (χ3v) is 7.35. The lowest BCUT2D eigenvalue weighted by molar-refractivity contribution is 0.393. The fraction of sp³-hybridized carbons (Fsp3) is 0.364. The van der Waals surface area contributed by atoms with Gasteiger partial charge in [0.1, 0.15) is 17.2 Å². The Hall–Kier alpha value is -2.65. The van der Waals surface area contributed by atoms with E-state index in [2.05, 4.69) is 32.1 Å². The molecule has 1 saturated heterocycles. The molecule has 1 aliphatic rings. The van der Waals surface area contributed by atoms with Crippen LogP contribution in [0.4, 0.5) is 10.8 Å². The first-order chi connectivity index (χ1) is 15.2. The molecule has 0 bridgehead atoms. The first-order valence-corrected chi connectivity index (χ1v) is 11.8. The van der Waals surface area contributed by atoms with E-state index in [4.69, 9.17) is 14.2 Å². The van der Waals surface area contributed by atoms with Gasteiger partial charge >= 0.3 is 0 Å². The number of piperazine rings is 1. The van der Waals surface area contributed by atoms with Gasteiger partial charge in [0.05, 0.1) is 21.3 Å². The van der Waals surface area contributed by atoms with Crippen LogP contribution in [-0.2, 0) is 5.75 Å². The molecule has 1 aliphatic heterocycles. The Bertz CT molecular complexity index is 966. The maximum atomic E-state index is 5.35. The molecule has 164 valence electrons. The number of hydrogen-bond acceptors (Lipinski definition) is 9. The van der Waals surface area contributed by atoms with Crippen molar-refractivity contribution in [2.75, 3.05) is 57.3 Å². The van der Waals surface area contributed by atoms with E-state index >= 15 is 0 Å². The minimum absolute atomic E-state index is 0.785. The summed E-state index contributed by atoms with van der Waals surface area (Å²) < 4.78 is 16.9. The first kappa shape index (κ1) is 21.6. The molecular formula is C22H26N4O3S2. The number of anilines is 2. The van der Waals surface area contributed by atoms with Gasteiger partial charge < -0.3 is 24.0 Å². The lowest BCUT2D eigenvalue weighted by Gasteiger charge is -2.35. The minimum atomic E-state index is 0.785. The summed E-state index contributed by atoms with van der Waals surface area (Å²) in [5.41, 5.74) is 2.36. The Balaban J connectivity index is 1.32. The smallest absolute Gasteiger partial charge is 0.209 e. The molecule has 7 nitrogen and oxygen atoms in total. The number of methoxy groups -OCH3 is 3. The fourth-order valence-corrected chi connectivity index (χ4v) is 5.25. The summed E-state index contributed by atoms with van der Waals surface area (Å²) in [6.07, 6.45) is 0. The van der Waals surface area contributed by atoms with E-state index in [1.807, 2.05) is 30.3 Å². The van der Waals surface area contributed by atoms with Crippen LogP contribution in [0.3, 0.4) is 0 Å². The average molecular weight is 459 g/mol. The van der Waals surface area contributed by atoms with Gasteiger partial charge in [-0.15, -0.1) is 10.2 Å². The van der Waals surface area contributed by atoms with Crippen LogP contribution in [0.1, 0.15) is 5.56 Å². The molecule has 0 saturated carbocycles. The van der Waals surface area contributed by atoms with Crippen molar-refractivity contribution >= 4 is 33.9 Å². The summed E-state index contributed by atoms with van der Waals surface area (Å²) in [6, 6.07) is 14.2. The summed E-state index contributed by atoms with van der Waals surface area (Å²) in [5.74, 6) is 3.26. The average Bonchev–Trinajstić information content (AvgIpc) is 3.32. The summed E-state index contributed by atoms with van der Waals surface area (Å²) >= 11 is 3.33. The van der Waals surface area contributed by atoms with Gasteiger partial charge in [0.25, 0.3) is 0 Å². The van der Waals surface area contributed by atoms with Crippen molar-refractivity contribution in [3.05, 3.63) is 48.0 Å². The lowest BCUT2D eigenvalue weighted by Crippen LogP contribution is -2.46. The van der Waals surface area contributed by atoms with Crippen LogP contribution < -0.4 is 24.0 Å². The Morgan fingerprint density at radius 1 is 0.806 bits per heavy atom. The Labute approximate surface area is 190 Å². The second kappa shape index (κ2) is 10.1. The number of aromatic nitrogens is 2. The molecule has 4 rings (SSSR count). The Kier molecular flexibility index (Phi) is 7.03. The van der Waals surface area contributed by atoms with Gasteiger partial charge in [0, 0.05) is 43.7 Å². The summed E-state index contributed by atoms with van der Waals surface area (Å²) in [7, 11) is 5.02. The van der Waals surface area contributed by atoms with Gasteiger partial charge in [0.2, 0.25) is 5.13 Å². The van der Waals surface area contributed by atoms with Crippen molar-refractivity contribution < 1.29 is 14.2 Å². The summed E-state index contributed by atoms with van der Waals surface area (Å²) in [5, 5.41) is 9.80. The van der Waals surface area contributed by atoms with Crippen molar-refractivity contribution in [3.63, 3.8) is 0 Å². The van der Waals surface area contributed by atoms with E-state index in [1.54, 1.807) is 44.4 Å². The van der Waals surface area contributed by atoms with Gasteiger partial charge in [-0.2, -0.15) is 0 Å². The molecule has 9 heteroatoms. The molecule has 0 aliphatic carbocycles. The molecule has 1 fully saturated rings. The highest BCUT2D eigenvalue weighted by Crippen LogP contribution is 2.33. The van der Waals surface area contributed by atoms with E-state index < -0.39 is 0 Å². The number of ether oxygens (including phenoxy) is 3. The van der Waals surface area contributed by atoms with Gasteiger partial charge in [-0.05, 0) is 42.0 Å². The van der Waals surface area contributed by atoms with Crippen LogP contribution in [0.2, 0.25) is 0 Å². The molecule has 0 radical (unpaired) electrons. The van der Waals surface area contributed by atoms with Crippen molar-refractivity contribution in [2.45, 2.75) is 10.1 Å². The quantitative estimate of drug-likeness (QED) is 0.466. The fourth-order valence-electron chi connectivity index (χ4n) is 3.43. The van der Waals surface area contributed by atoms with Crippen LogP contribution in [0.5, 0.6) is 17.2 Å². The summed E-state index contributed by atoms with van der Waals surface area (Å²) in [4.78, 5) is 4.71. The van der Waals surface area contributed by atoms with Crippen molar-refractivity contribution in [3.8, 4) is 17.2 Å². The second-order valence-corrected chi connectivity index (χ2v) is 9.21. The minimum Gasteiger partial charge on any atom is -0.497 e. The predicted octanol–water partition coefficient (Wildman–Crippen LogP) is 4.18. The number of rotatable bonds is 8. The van der Waals surface area contributed by atoms with Gasteiger partial charge in [-0.1, -0.05) is 23.1 Å². The number of benzene rings is 2. The highest BCUT2D eigenvalue weighted by atomic mass is 32.2. The van der Waals surface area contributed by atoms with E-state index in [0.29, 0.717) is 0 Å². The topological polar surface area (TPSA) is 60.0 Å². The van der Waals surface area contributed by atoms with Crippen molar-refractivity contribution in [2.24, 2.45) is 0 Å². The molecule has 0 amide bonds. The third kappa shape index (κ3) is 5.34. The van der Waals surface area contributed by atoms with Gasteiger partial charge in [-0.3, -0.25) is 0 Å². The van der Waals surface area contributed by atoms with Gasteiger partial charge in [0.15, 0.2) is 4.34 Å². The Morgan fingerprint density at radius 2 is 1.42 bits per heavy atom. The zero-order valence-electron chi connectivity index (χ0n) is 17.9. The molecule has 2 aromatic carbocycles. The first-order valence-electron chi connectivity index (χ1n) is 10.0. The standard InChI is InChI=1S/C22H26N4O3S2/c1-27-18-6-4-17(5-7-18)25-8-10-26(11-9-25)21-23-24-22(31-21)30-15-16-12-19(28-2)14-20(13-16)29-3/h4-7,12-14H,8-11,15H2,1-3H3. The van der Waals surface area contributed by atoms with Crippen molar-refractivity contribution in [1.82, 2.24) is 10.2 Å². The molecule has 2 heterocycles. The number of thioether (sulfide) groups is 1. The van der Waals surface area contributed by atoms with Crippen molar-refractivity contribution in [1.29, 1.82) is 0 Å². The largest absolute Gasteiger partial charge is 0.497 e. The predicted molar refractivity (Wildman–Crippen MR) is 126 cm³/mol. The number of nitrogens with zero attached hydrogens (tertiary/aromatic N) is 4. The maximum Gasteiger partial charge on any atom is 0.209 e. The normalized spacial score (nSPS) is 13.9. The molecule has 1 aromatic heterocycles. The zero-order chi connectivity index (χ0) is 21.6. The van der Waals surface area contributed by atoms with E-state index in [9.17, 15) is 0 Å². The van der Waals surface area contributed by atoms with Crippen LogP contribution in [0, 0.1) is 0 Å². The third-order valence-electron chi connectivity index (χ3n) is 5.16. The monoisotopic (exact) mass is 458 g/mol. The highest BCUT2D eigenvalue weighted by molar-refractivity contribution is 8.00. The summed E-state index contributed by atoms with van der Waals surface area (Å²) in [6.45, 7) is 3.77. The van der Waals surface area contributed by atoms with Gasteiger partial charge in [-0.25, -0.2) is 0 Å². The van der Waals surface area contributed by atoms with Crippen LogP contribution in [-0.4, -0.2) is 57.7 Å². The van der Waals surface area contributed by atoms with E-state index in [0.717, 1.165) is 64.2 Å². The van der Waals surface area contributed by atoms with E-state index in [1.165, 1.54) is 5.69 Å².